The molecule has 180 valence electrons. The van der Waals surface area contributed by atoms with Crippen molar-refractivity contribution in [2.24, 2.45) is 0 Å². The molecule has 2 heterocycles. The van der Waals surface area contributed by atoms with Crippen LogP contribution in [0.4, 0.5) is 5.69 Å². The lowest BCUT2D eigenvalue weighted by Crippen LogP contribution is -2.07. The smallest absolute Gasteiger partial charge is 0.248 e. The number of benzene rings is 4. The van der Waals surface area contributed by atoms with Crippen LogP contribution in [0.3, 0.4) is 0 Å². The van der Waals surface area contributed by atoms with Crippen molar-refractivity contribution in [1.82, 2.24) is 4.98 Å². The van der Waals surface area contributed by atoms with Crippen LogP contribution in [0.1, 0.15) is 11.3 Å². The number of anilines is 1. The van der Waals surface area contributed by atoms with Crippen LogP contribution < -0.4 is 5.32 Å². The number of carbonyl (C=O) groups excluding carboxylic acids is 1. The molecule has 0 bridgehead atoms. The molecule has 0 aliphatic carbocycles. The highest BCUT2D eigenvalue weighted by Gasteiger charge is 2.11. The predicted octanol–water partition coefficient (Wildman–Crippen LogP) is 8.52. The van der Waals surface area contributed by atoms with Crippen LogP contribution >= 0.6 is 11.6 Å². The van der Waals surface area contributed by atoms with E-state index in [4.69, 9.17) is 20.4 Å². The number of hydrogen-bond donors (Lipinski definition) is 1. The van der Waals surface area contributed by atoms with E-state index in [2.05, 4.69) is 34.6 Å². The first-order valence-electron chi connectivity index (χ1n) is 11.8. The van der Waals surface area contributed by atoms with Gasteiger partial charge in [0.15, 0.2) is 5.58 Å². The van der Waals surface area contributed by atoms with Crippen LogP contribution in [-0.2, 0) is 4.79 Å². The van der Waals surface area contributed by atoms with E-state index in [-0.39, 0.29) is 5.91 Å². The largest absolute Gasteiger partial charge is 0.457 e. The standard InChI is InChI=1S/C31H21ClN2O3/c1-19-6-7-22(17-26(19)32)28-14-11-25(36-28)12-15-30(35)33-24-10-13-29-27(18-24)34-31(37-29)23-9-8-20-4-2-3-5-21(20)16-23/h2-18H,1H3,(H,33,35)/b15-12+. The van der Waals surface area contributed by atoms with E-state index in [9.17, 15) is 4.79 Å². The van der Waals surface area contributed by atoms with Crippen molar-refractivity contribution in [2.75, 3.05) is 5.32 Å². The molecule has 0 unspecified atom stereocenters. The number of rotatable bonds is 5. The van der Waals surface area contributed by atoms with Crippen LogP contribution in [-0.4, -0.2) is 10.9 Å². The third-order valence-electron chi connectivity index (χ3n) is 6.13. The fourth-order valence-corrected chi connectivity index (χ4v) is 4.32. The number of nitrogens with one attached hydrogen (secondary N) is 1. The summed E-state index contributed by atoms with van der Waals surface area (Å²) in [5.41, 5.74) is 4.71. The summed E-state index contributed by atoms with van der Waals surface area (Å²) in [7, 11) is 0. The Bertz CT molecular complexity index is 1810. The molecular formula is C31H21ClN2O3. The van der Waals surface area contributed by atoms with Gasteiger partial charge in [0, 0.05) is 27.9 Å². The monoisotopic (exact) mass is 504 g/mol. The molecule has 6 heteroatoms. The van der Waals surface area contributed by atoms with Crippen molar-refractivity contribution in [3.63, 3.8) is 0 Å². The normalized spacial score (nSPS) is 11.5. The van der Waals surface area contributed by atoms with Crippen LogP contribution in [0.15, 0.2) is 106 Å². The first kappa shape index (κ1) is 22.8. The van der Waals surface area contributed by atoms with E-state index in [0.29, 0.717) is 39.2 Å². The summed E-state index contributed by atoms with van der Waals surface area (Å²) in [6.07, 6.45) is 3.05. The third-order valence-corrected chi connectivity index (χ3v) is 6.54. The SMILES string of the molecule is Cc1ccc(-c2ccc(/C=C/C(=O)Nc3ccc4oc(-c5ccc6ccccc6c5)nc4c3)o2)cc1Cl. The first-order chi connectivity index (χ1) is 18.0. The Balaban J connectivity index is 1.16. The summed E-state index contributed by atoms with van der Waals surface area (Å²) >= 11 is 6.22. The van der Waals surface area contributed by atoms with Gasteiger partial charge in [-0.25, -0.2) is 4.98 Å². The van der Waals surface area contributed by atoms with Gasteiger partial charge in [0.25, 0.3) is 0 Å². The van der Waals surface area contributed by atoms with Crippen LogP contribution in [0.2, 0.25) is 5.02 Å². The quantitative estimate of drug-likeness (QED) is 0.239. The summed E-state index contributed by atoms with van der Waals surface area (Å²) in [6.45, 7) is 1.95. The van der Waals surface area contributed by atoms with Crippen molar-refractivity contribution in [3.8, 4) is 22.8 Å². The molecule has 6 rings (SSSR count). The summed E-state index contributed by atoms with van der Waals surface area (Å²) < 4.78 is 11.8. The molecule has 0 atom stereocenters. The minimum Gasteiger partial charge on any atom is -0.457 e. The van der Waals surface area contributed by atoms with E-state index < -0.39 is 0 Å². The molecule has 0 saturated carbocycles. The van der Waals surface area contributed by atoms with Gasteiger partial charge in [-0.2, -0.15) is 0 Å². The second kappa shape index (κ2) is 9.45. The lowest BCUT2D eigenvalue weighted by atomic mass is 10.1. The molecule has 0 radical (unpaired) electrons. The highest BCUT2D eigenvalue weighted by Crippen LogP contribution is 2.29. The fraction of sp³-hybridized carbons (Fsp3) is 0.0323. The van der Waals surface area contributed by atoms with Gasteiger partial charge < -0.3 is 14.2 Å². The second-order valence-corrected chi connectivity index (χ2v) is 9.16. The molecule has 37 heavy (non-hydrogen) atoms. The number of nitrogens with zero attached hydrogens (tertiary/aromatic N) is 1. The maximum Gasteiger partial charge on any atom is 0.248 e. The lowest BCUT2D eigenvalue weighted by molar-refractivity contribution is -0.111. The van der Waals surface area contributed by atoms with Crippen molar-refractivity contribution in [2.45, 2.75) is 6.92 Å². The van der Waals surface area contributed by atoms with Gasteiger partial charge in [-0.3, -0.25) is 4.79 Å². The number of fused-ring (bicyclic) bond motifs is 2. The summed E-state index contributed by atoms with van der Waals surface area (Å²) in [5.74, 6) is 1.50. The zero-order valence-electron chi connectivity index (χ0n) is 19.9. The molecule has 1 N–H and O–H groups in total. The second-order valence-electron chi connectivity index (χ2n) is 8.75. The number of halogens is 1. The Morgan fingerprint density at radius 3 is 2.57 bits per heavy atom. The van der Waals surface area contributed by atoms with Crippen LogP contribution in [0.5, 0.6) is 0 Å². The molecule has 1 amide bonds. The van der Waals surface area contributed by atoms with Gasteiger partial charge in [-0.1, -0.05) is 54.1 Å². The molecular weight excluding hydrogens is 484 g/mol. The molecule has 0 saturated heterocycles. The van der Waals surface area contributed by atoms with E-state index in [1.165, 1.54) is 6.08 Å². The molecule has 0 aliphatic rings. The van der Waals surface area contributed by atoms with Crippen molar-refractivity contribution in [1.29, 1.82) is 0 Å². The number of amides is 1. The molecule has 6 aromatic rings. The zero-order valence-corrected chi connectivity index (χ0v) is 20.6. The number of furan rings is 1. The maximum atomic E-state index is 12.5. The van der Waals surface area contributed by atoms with Gasteiger partial charge in [-0.15, -0.1) is 0 Å². The van der Waals surface area contributed by atoms with Crippen molar-refractivity contribution >= 4 is 51.1 Å². The minimum absolute atomic E-state index is 0.283. The van der Waals surface area contributed by atoms with E-state index in [1.54, 1.807) is 24.3 Å². The highest BCUT2D eigenvalue weighted by molar-refractivity contribution is 6.31. The predicted molar refractivity (Wildman–Crippen MR) is 149 cm³/mol. The van der Waals surface area contributed by atoms with Gasteiger partial charge in [0.1, 0.15) is 17.0 Å². The third kappa shape index (κ3) is 4.77. The Labute approximate surface area is 218 Å². The average molecular weight is 505 g/mol. The number of carbonyl (C=O) groups is 1. The number of aromatic nitrogens is 1. The summed E-state index contributed by atoms with van der Waals surface area (Å²) in [4.78, 5) is 17.2. The highest BCUT2D eigenvalue weighted by atomic mass is 35.5. The molecule has 2 aromatic heterocycles. The maximum absolute atomic E-state index is 12.5. The molecule has 5 nitrogen and oxygen atoms in total. The summed E-state index contributed by atoms with van der Waals surface area (Å²) in [6, 6.07) is 29.1. The fourth-order valence-electron chi connectivity index (χ4n) is 4.14. The number of oxazole rings is 1. The first-order valence-corrected chi connectivity index (χ1v) is 12.1. The Hall–Kier alpha value is -4.61. The van der Waals surface area contributed by atoms with E-state index >= 15 is 0 Å². The Kier molecular flexibility index (Phi) is 5.83. The molecule has 0 spiro atoms. The topological polar surface area (TPSA) is 68.3 Å². The van der Waals surface area contributed by atoms with Crippen molar-refractivity contribution < 1.29 is 13.6 Å². The van der Waals surface area contributed by atoms with Crippen LogP contribution in [0.25, 0.3) is 50.7 Å². The number of hydrogen-bond acceptors (Lipinski definition) is 4. The molecule has 0 aliphatic heterocycles. The molecule has 4 aromatic carbocycles. The van der Waals surface area contributed by atoms with Gasteiger partial charge >= 0.3 is 0 Å². The van der Waals surface area contributed by atoms with Crippen molar-refractivity contribution in [3.05, 3.63) is 113 Å². The van der Waals surface area contributed by atoms with E-state index in [1.807, 2.05) is 55.5 Å². The zero-order chi connectivity index (χ0) is 25.4. The lowest BCUT2D eigenvalue weighted by Gasteiger charge is -2.01. The minimum atomic E-state index is -0.283. The van der Waals surface area contributed by atoms with E-state index in [0.717, 1.165) is 27.5 Å². The van der Waals surface area contributed by atoms with Gasteiger partial charge in [0.05, 0.1) is 0 Å². The average Bonchev–Trinajstić information content (AvgIpc) is 3.56. The van der Waals surface area contributed by atoms with Gasteiger partial charge in [-0.05, 0) is 77.9 Å². The number of aryl methyl sites for hydroxylation is 1. The summed E-state index contributed by atoms with van der Waals surface area (Å²) in [5, 5.41) is 5.82. The Morgan fingerprint density at radius 1 is 0.865 bits per heavy atom. The Morgan fingerprint density at radius 2 is 1.70 bits per heavy atom. The molecule has 0 fully saturated rings. The van der Waals surface area contributed by atoms with Crippen LogP contribution in [0, 0.1) is 6.92 Å². The van der Waals surface area contributed by atoms with Gasteiger partial charge in [0.2, 0.25) is 11.8 Å².